The quantitative estimate of drug-likeness (QED) is 0.438. The number of carbonyl (C=O) groups is 1. The van der Waals surface area contributed by atoms with E-state index in [1.807, 2.05) is 0 Å². The summed E-state index contributed by atoms with van der Waals surface area (Å²) in [7, 11) is 0. The highest BCUT2D eigenvalue weighted by molar-refractivity contribution is 5.87. The van der Waals surface area contributed by atoms with Crippen molar-refractivity contribution in [2.45, 2.75) is 0 Å². The van der Waals surface area contributed by atoms with Crippen LogP contribution in [0.2, 0.25) is 0 Å². The van der Waals surface area contributed by atoms with Crippen LogP contribution < -0.4 is 0 Å². The van der Waals surface area contributed by atoms with E-state index in [9.17, 15) is 13.6 Å². The lowest BCUT2D eigenvalue weighted by molar-refractivity contribution is 0.0835. The lowest BCUT2D eigenvalue weighted by Gasteiger charge is -1.88. The molecule has 0 fully saturated rings. The van der Waals surface area contributed by atoms with Gasteiger partial charge < -0.3 is 0 Å². The molecule has 0 aliphatic carbocycles. The van der Waals surface area contributed by atoms with Gasteiger partial charge in [0.25, 0.3) is 0 Å². The normalized spacial score (nSPS) is 9.40. The minimum absolute atomic E-state index is 0.235. The lowest BCUT2D eigenvalue weighted by Crippen LogP contribution is -1.91. The molecule has 1 heterocycles. The molecule has 0 N–H and O–H groups in total. The van der Waals surface area contributed by atoms with Crippen LogP contribution in [0, 0.1) is 5.95 Å². The Morgan fingerprint density at radius 2 is 2.20 bits per heavy atom. The largest absolute Gasteiger partial charge is 0.333 e. The smallest absolute Gasteiger partial charge is 0.255 e. The van der Waals surface area contributed by atoms with Gasteiger partial charge in [-0.1, -0.05) is 0 Å². The van der Waals surface area contributed by atoms with Crippen LogP contribution >= 0.6 is 0 Å². The predicted molar refractivity (Wildman–Crippen MR) is 29.6 cm³/mol. The van der Waals surface area contributed by atoms with Crippen molar-refractivity contribution in [3.63, 3.8) is 0 Å². The van der Waals surface area contributed by atoms with Crippen molar-refractivity contribution in [2.75, 3.05) is 0 Å². The maximum Gasteiger partial charge on any atom is 0.333 e. The zero-order valence-electron chi connectivity index (χ0n) is 4.84. The van der Waals surface area contributed by atoms with Crippen LogP contribution in [0.25, 0.3) is 0 Å². The van der Waals surface area contributed by atoms with Crippen molar-refractivity contribution in [1.29, 1.82) is 0 Å². The summed E-state index contributed by atoms with van der Waals surface area (Å²) >= 11 is 0. The second-order valence-corrected chi connectivity index (χ2v) is 1.64. The van der Waals surface area contributed by atoms with Crippen molar-refractivity contribution in [1.82, 2.24) is 4.98 Å². The van der Waals surface area contributed by atoms with Gasteiger partial charge in [-0.15, -0.1) is 0 Å². The molecule has 0 saturated heterocycles. The molecule has 1 aromatic heterocycles. The molecule has 0 radical (unpaired) electrons. The number of carbonyl (C=O) groups excluding carboxylic acids is 1. The Labute approximate surface area is 55.5 Å². The van der Waals surface area contributed by atoms with Gasteiger partial charge in [0.05, 0.1) is 5.56 Å². The van der Waals surface area contributed by atoms with Crippen molar-refractivity contribution in [3.05, 3.63) is 29.8 Å². The molecule has 0 spiro atoms. The molecule has 0 aliphatic heterocycles. The molecule has 52 valence electrons. The molecule has 0 bridgehead atoms. The number of halogens is 2. The van der Waals surface area contributed by atoms with Crippen LogP contribution in [0.1, 0.15) is 10.4 Å². The van der Waals surface area contributed by atoms with Gasteiger partial charge in [0, 0.05) is 6.20 Å². The first-order valence-electron chi connectivity index (χ1n) is 2.51. The maximum atomic E-state index is 12.0. The molecule has 1 rings (SSSR count). The minimum Gasteiger partial charge on any atom is -0.255 e. The Kier molecular flexibility index (Phi) is 1.71. The van der Waals surface area contributed by atoms with Gasteiger partial charge >= 0.3 is 6.04 Å². The number of hydrogen-bond donors (Lipinski definition) is 0. The minimum atomic E-state index is -1.60. The monoisotopic (exact) mass is 143 g/mol. The highest BCUT2D eigenvalue weighted by atomic mass is 19.1. The summed E-state index contributed by atoms with van der Waals surface area (Å²) in [6, 6.07) is 0.352. The predicted octanol–water partition coefficient (Wildman–Crippen LogP) is 1.33. The third-order valence-corrected chi connectivity index (χ3v) is 0.954. The number of rotatable bonds is 1. The van der Waals surface area contributed by atoms with Crippen LogP contribution in [0.3, 0.4) is 0 Å². The Balaban J connectivity index is 3.00. The lowest BCUT2D eigenvalue weighted by atomic mass is 10.3. The van der Waals surface area contributed by atoms with E-state index in [2.05, 4.69) is 4.98 Å². The molecule has 0 saturated carbocycles. The zero-order chi connectivity index (χ0) is 7.56. The highest BCUT2D eigenvalue weighted by Gasteiger charge is 2.02. The third-order valence-electron chi connectivity index (χ3n) is 0.954. The zero-order valence-corrected chi connectivity index (χ0v) is 4.84. The molecule has 4 heteroatoms. The van der Waals surface area contributed by atoms with Crippen molar-refractivity contribution < 1.29 is 13.6 Å². The molecular formula is C6H3F2NO. The molecular weight excluding hydrogens is 140 g/mol. The summed E-state index contributed by atoms with van der Waals surface area (Å²) in [5, 5.41) is 0. The van der Waals surface area contributed by atoms with Gasteiger partial charge in [0.1, 0.15) is 0 Å². The van der Waals surface area contributed by atoms with E-state index in [0.717, 1.165) is 18.3 Å². The Morgan fingerprint density at radius 3 is 2.60 bits per heavy atom. The van der Waals surface area contributed by atoms with Crippen LogP contribution in [-0.4, -0.2) is 11.0 Å². The van der Waals surface area contributed by atoms with E-state index in [4.69, 9.17) is 0 Å². The fourth-order valence-electron chi connectivity index (χ4n) is 0.492. The van der Waals surface area contributed by atoms with E-state index in [1.54, 1.807) is 0 Å². The fourth-order valence-corrected chi connectivity index (χ4v) is 0.492. The summed E-state index contributed by atoms with van der Waals surface area (Å²) < 4.78 is 23.8. The van der Waals surface area contributed by atoms with Gasteiger partial charge in [0.15, 0.2) is 0 Å². The topological polar surface area (TPSA) is 30.0 Å². The number of aromatic nitrogens is 1. The van der Waals surface area contributed by atoms with Crippen molar-refractivity contribution >= 4 is 6.04 Å². The van der Waals surface area contributed by atoms with Gasteiger partial charge in [-0.05, 0) is 12.1 Å². The Hall–Kier alpha value is -1.32. The van der Waals surface area contributed by atoms with Crippen molar-refractivity contribution in [3.8, 4) is 0 Å². The number of pyridine rings is 1. The van der Waals surface area contributed by atoms with Gasteiger partial charge in [-0.2, -0.15) is 8.78 Å². The molecule has 0 amide bonds. The second kappa shape index (κ2) is 2.51. The average Bonchev–Trinajstić information content (AvgIpc) is 1.88. The van der Waals surface area contributed by atoms with Crippen LogP contribution in [-0.2, 0) is 0 Å². The first-order valence-corrected chi connectivity index (χ1v) is 2.51. The molecule has 1 aromatic rings. The second-order valence-electron chi connectivity index (χ2n) is 1.64. The van der Waals surface area contributed by atoms with Crippen LogP contribution in [0.15, 0.2) is 18.3 Å². The Morgan fingerprint density at radius 1 is 1.50 bits per heavy atom. The van der Waals surface area contributed by atoms with Crippen LogP contribution in [0.4, 0.5) is 8.78 Å². The van der Waals surface area contributed by atoms with Gasteiger partial charge in [-0.3, -0.25) is 4.79 Å². The molecule has 0 aliphatic rings. The molecule has 0 aromatic carbocycles. The summed E-state index contributed by atoms with van der Waals surface area (Å²) in [5.74, 6) is -0.731. The molecule has 0 unspecified atom stereocenters. The fraction of sp³-hybridized carbons (Fsp3) is 0. The van der Waals surface area contributed by atoms with Crippen LogP contribution in [0.5, 0.6) is 0 Å². The van der Waals surface area contributed by atoms with Gasteiger partial charge in [0.2, 0.25) is 5.95 Å². The molecule has 10 heavy (non-hydrogen) atoms. The number of hydrogen-bond acceptors (Lipinski definition) is 2. The Bertz CT molecular complexity index is 244. The number of nitrogens with zero attached hydrogens (tertiary/aromatic N) is 1. The summed E-state index contributed by atoms with van der Waals surface area (Å²) in [6.45, 7) is 0. The maximum absolute atomic E-state index is 12.0. The summed E-state index contributed by atoms with van der Waals surface area (Å²) in [6.07, 6.45) is 0.845. The first kappa shape index (κ1) is 6.80. The SMILES string of the molecule is O=C(F)c1ccc(F)nc1. The summed E-state index contributed by atoms with van der Waals surface area (Å²) in [5.41, 5.74) is -0.235. The first-order chi connectivity index (χ1) is 4.70. The van der Waals surface area contributed by atoms with Gasteiger partial charge in [-0.25, -0.2) is 4.98 Å². The third kappa shape index (κ3) is 1.34. The van der Waals surface area contributed by atoms with Crippen molar-refractivity contribution in [2.24, 2.45) is 0 Å². The van der Waals surface area contributed by atoms with E-state index < -0.39 is 12.0 Å². The van der Waals surface area contributed by atoms with E-state index in [-0.39, 0.29) is 5.56 Å². The molecule has 2 nitrogen and oxygen atoms in total. The highest BCUT2D eigenvalue weighted by Crippen LogP contribution is 1.99. The standard InChI is InChI=1S/C6H3F2NO/c7-5-2-1-4(3-9-5)6(8)10/h1-3H. The van der Waals surface area contributed by atoms with E-state index >= 15 is 0 Å². The summed E-state index contributed by atoms with van der Waals surface area (Å²) in [4.78, 5) is 13.0. The average molecular weight is 143 g/mol. The van der Waals surface area contributed by atoms with E-state index in [1.165, 1.54) is 0 Å². The van der Waals surface area contributed by atoms with E-state index in [0.29, 0.717) is 0 Å². The molecule has 0 atom stereocenters.